The van der Waals surface area contributed by atoms with Gasteiger partial charge in [-0.2, -0.15) is 0 Å². The second kappa shape index (κ2) is 16.0. The van der Waals surface area contributed by atoms with Gasteiger partial charge in [-0.1, -0.05) is 182 Å². The van der Waals surface area contributed by atoms with Crippen molar-refractivity contribution >= 4 is 71.6 Å². The first kappa shape index (κ1) is 38.5. The van der Waals surface area contributed by atoms with E-state index in [1.165, 1.54) is 49.3 Å². The smallest absolute Gasteiger partial charge is 0.143 e. The van der Waals surface area contributed by atoms with Crippen LogP contribution >= 0.6 is 0 Å². The van der Waals surface area contributed by atoms with Crippen LogP contribution in [0.5, 0.6) is 0 Å². The zero-order valence-electron chi connectivity index (χ0n) is 36.6. The van der Waals surface area contributed by atoms with Crippen molar-refractivity contribution in [1.29, 1.82) is 0 Å². The number of rotatable bonds is 8. The fourth-order valence-electron chi connectivity index (χ4n) is 10.1. The van der Waals surface area contributed by atoms with E-state index in [0.29, 0.717) is 0 Å². The van der Waals surface area contributed by atoms with Crippen LogP contribution in [-0.2, 0) is 0 Å². The topological polar surface area (TPSA) is 21.3 Å². The van der Waals surface area contributed by atoms with E-state index in [9.17, 15) is 0 Å². The van der Waals surface area contributed by atoms with E-state index in [4.69, 9.17) is 4.42 Å². The van der Waals surface area contributed by atoms with Gasteiger partial charge in [0.1, 0.15) is 11.2 Å². The van der Waals surface area contributed by atoms with Crippen LogP contribution in [0.3, 0.4) is 0 Å². The fourth-order valence-corrected chi connectivity index (χ4v) is 10.1. The van der Waals surface area contributed by atoms with Gasteiger partial charge in [0.25, 0.3) is 0 Å². The fraction of sp³-hybridized carbons (Fsp3) is 0. The third-order valence-corrected chi connectivity index (χ3v) is 13.4. The molecule has 0 saturated heterocycles. The second-order valence-corrected chi connectivity index (χ2v) is 17.3. The Morgan fingerprint density at radius 1 is 0.299 bits per heavy atom. The number of nitrogens with zero attached hydrogens (tertiary/aromatic N) is 2. The summed E-state index contributed by atoms with van der Waals surface area (Å²) in [5, 5.41) is 7.26. The van der Waals surface area contributed by atoms with Gasteiger partial charge in [0.15, 0.2) is 0 Å². The van der Waals surface area contributed by atoms with Crippen molar-refractivity contribution in [2.45, 2.75) is 0 Å². The first-order chi connectivity index (χ1) is 33.2. The number of para-hydroxylation sites is 5. The molecule has 0 aliphatic rings. The van der Waals surface area contributed by atoms with Crippen LogP contribution in [0.4, 0.5) is 17.1 Å². The van der Waals surface area contributed by atoms with Crippen LogP contribution in [0.2, 0.25) is 0 Å². The largest absolute Gasteiger partial charge is 0.455 e. The maximum absolute atomic E-state index is 6.44. The Morgan fingerprint density at radius 3 is 1.49 bits per heavy atom. The number of aromatic nitrogens is 1. The van der Waals surface area contributed by atoms with Crippen molar-refractivity contribution in [2.24, 2.45) is 0 Å². The molecule has 11 aromatic carbocycles. The maximum atomic E-state index is 6.44. The number of hydrogen-bond acceptors (Lipinski definition) is 2. The first-order valence-corrected chi connectivity index (χ1v) is 22.9. The summed E-state index contributed by atoms with van der Waals surface area (Å²) in [4.78, 5) is 2.36. The predicted molar refractivity (Wildman–Crippen MR) is 282 cm³/mol. The molecule has 0 radical (unpaired) electrons. The first-order valence-electron chi connectivity index (χ1n) is 22.9. The molecule has 3 heteroatoms. The predicted octanol–water partition coefficient (Wildman–Crippen LogP) is 18.0. The highest BCUT2D eigenvalue weighted by Crippen LogP contribution is 2.42. The highest BCUT2D eigenvalue weighted by atomic mass is 16.3. The second-order valence-electron chi connectivity index (χ2n) is 17.3. The van der Waals surface area contributed by atoms with Gasteiger partial charge in [0, 0.05) is 49.7 Å². The van der Waals surface area contributed by atoms with Crippen molar-refractivity contribution in [2.75, 3.05) is 4.90 Å². The Morgan fingerprint density at radius 2 is 0.791 bits per heavy atom. The van der Waals surface area contributed by atoms with E-state index in [1.807, 2.05) is 12.1 Å². The normalized spacial score (nSPS) is 11.6. The molecule has 13 rings (SSSR count). The molecule has 0 bridgehead atoms. The van der Waals surface area contributed by atoms with Crippen molar-refractivity contribution < 1.29 is 4.42 Å². The molecule has 0 saturated carbocycles. The van der Waals surface area contributed by atoms with Gasteiger partial charge >= 0.3 is 0 Å². The van der Waals surface area contributed by atoms with E-state index < -0.39 is 0 Å². The molecule has 0 unspecified atom stereocenters. The maximum Gasteiger partial charge on any atom is 0.143 e. The summed E-state index contributed by atoms with van der Waals surface area (Å²) in [5.41, 5.74) is 17.8. The molecule has 0 atom stereocenters. The lowest BCUT2D eigenvalue weighted by atomic mass is 9.97. The summed E-state index contributed by atoms with van der Waals surface area (Å²) in [6, 6.07) is 91.9. The van der Waals surface area contributed by atoms with E-state index in [2.05, 4.69) is 252 Å². The van der Waals surface area contributed by atoms with Gasteiger partial charge in [-0.25, -0.2) is 0 Å². The summed E-state index contributed by atoms with van der Waals surface area (Å²) < 4.78 is 8.85. The van der Waals surface area contributed by atoms with Gasteiger partial charge in [0.2, 0.25) is 0 Å². The molecule has 67 heavy (non-hydrogen) atoms. The van der Waals surface area contributed by atoms with E-state index in [1.54, 1.807) is 0 Å². The zero-order valence-corrected chi connectivity index (χ0v) is 36.6. The molecular formula is C64H42N2O. The summed E-state index contributed by atoms with van der Waals surface area (Å²) >= 11 is 0. The van der Waals surface area contributed by atoms with Crippen molar-refractivity contribution in [3.63, 3.8) is 0 Å². The number of hydrogen-bond donors (Lipinski definition) is 0. The summed E-state index contributed by atoms with van der Waals surface area (Å²) in [6.45, 7) is 0. The average Bonchev–Trinajstić information content (AvgIpc) is 3.95. The molecule has 0 amide bonds. The van der Waals surface area contributed by atoms with Crippen LogP contribution in [0, 0.1) is 0 Å². The third-order valence-electron chi connectivity index (χ3n) is 13.4. The molecular weight excluding hydrogens is 813 g/mol. The van der Waals surface area contributed by atoms with Crippen LogP contribution < -0.4 is 4.90 Å². The Kier molecular flexibility index (Phi) is 9.17. The highest BCUT2D eigenvalue weighted by molar-refractivity contribution is 6.11. The van der Waals surface area contributed by atoms with Crippen molar-refractivity contribution in [3.8, 4) is 50.2 Å². The molecule has 2 aromatic heterocycles. The zero-order chi connectivity index (χ0) is 44.3. The monoisotopic (exact) mass is 854 g/mol. The van der Waals surface area contributed by atoms with Gasteiger partial charge in [-0.05, 0) is 117 Å². The Bertz CT molecular complexity index is 3920. The van der Waals surface area contributed by atoms with Crippen LogP contribution in [-0.4, -0.2) is 4.57 Å². The number of benzene rings is 11. The van der Waals surface area contributed by atoms with Gasteiger partial charge in [0.05, 0.1) is 16.7 Å². The standard InChI is InChI=1S/C64H42N2O/c1-2-14-47-41-49(28-27-43(47)13-1)45-31-37-52(38-32-45)65(51-35-29-44(30-36-51)48-15-11-16-50(42-48)55-21-12-22-59-58-20-6-10-26-63(58)67-64(55)59)53-39-33-46(34-40-53)54-17-3-7-23-60(54)66-61-24-8-4-18-56(61)57-19-5-9-25-62(57)66/h1-42H. The number of furan rings is 1. The Hall–Kier alpha value is -8.92. The minimum atomic E-state index is 0.906. The molecule has 0 fully saturated rings. The van der Waals surface area contributed by atoms with Gasteiger partial charge < -0.3 is 13.9 Å². The SMILES string of the molecule is c1cc(-c2ccc(N(c3ccc(-c4ccc5ccccc5c4)cc3)c3ccc(-c4ccccc4-n4c5ccccc5c5ccccc54)cc3)cc2)cc(-c2cccc3c2oc2ccccc23)c1. The molecule has 13 aromatic rings. The lowest BCUT2D eigenvalue weighted by Crippen LogP contribution is -2.09. The van der Waals surface area contributed by atoms with Crippen LogP contribution in [0.15, 0.2) is 259 Å². The Balaban J connectivity index is 0.881. The lowest BCUT2D eigenvalue weighted by Gasteiger charge is -2.26. The minimum Gasteiger partial charge on any atom is -0.455 e. The molecule has 0 aliphatic carbocycles. The average molecular weight is 855 g/mol. The van der Waals surface area contributed by atoms with Crippen LogP contribution in [0.25, 0.3) is 105 Å². The van der Waals surface area contributed by atoms with E-state index in [0.717, 1.165) is 72.5 Å². The van der Waals surface area contributed by atoms with Crippen molar-refractivity contribution in [1.82, 2.24) is 4.57 Å². The van der Waals surface area contributed by atoms with E-state index >= 15 is 0 Å². The van der Waals surface area contributed by atoms with E-state index in [-0.39, 0.29) is 0 Å². The quantitative estimate of drug-likeness (QED) is 0.152. The number of anilines is 3. The molecule has 2 heterocycles. The molecule has 0 N–H and O–H groups in total. The van der Waals surface area contributed by atoms with Gasteiger partial charge in [-0.15, -0.1) is 0 Å². The highest BCUT2D eigenvalue weighted by Gasteiger charge is 2.18. The summed E-state index contributed by atoms with van der Waals surface area (Å²) in [7, 11) is 0. The minimum absolute atomic E-state index is 0.906. The summed E-state index contributed by atoms with van der Waals surface area (Å²) in [5.74, 6) is 0. The van der Waals surface area contributed by atoms with Crippen LogP contribution in [0.1, 0.15) is 0 Å². The van der Waals surface area contributed by atoms with Gasteiger partial charge in [-0.3, -0.25) is 0 Å². The lowest BCUT2D eigenvalue weighted by molar-refractivity contribution is 0.670. The molecule has 314 valence electrons. The molecule has 0 aliphatic heterocycles. The Labute approximate surface area is 388 Å². The molecule has 0 spiro atoms. The number of fused-ring (bicyclic) bond motifs is 7. The summed E-state index contributed by atoms with van der Waals surface area (Å²) in [6.07, 6.45) is 0. The third kappa shape index (κ3) is 6.67. The molecule has 3 nitrogen and oxygen atoms in total. The van der Waals surface area contributed by atoms with Crippen molar-refractivity contribution in [3.05, 3.63) is 255 Å².